The molecule has 0 fully saturated rings. The summed E-state index contributed by atoms with van der Waals surface area (Å²) in [5.41, 5.74) is -0.0589. The van der Waals surface area contributed by atoms with Crippen LogP contribution in [0.3, 0.4) is 0 Å². The number of hydrogen-bond donors (Lipinski definition) is 1. The summed E-state index contributed by atoms with van der Waals surface area (Å²) in [6.45, 7) is 2.89. The smallest absolute Gasteiger partial charge is 0.273 e. The molecule has 8 nitrogen and oxygen atoms in total. The average Bonchev–Trinajstić information content (AvgIpc) is 2.92. The molecule has 21 heavy (non-hydrogen) atoms. The van der Waals surface area contributed by atoms with Crippen molar-refractivity contribution in [1.82, 2.24) is 10.2 Å². The Hall–Kier alpha value is -2.42. The van der Waals surface area contributed by atoms with Gasteiger partial charge in [0.2, 0.25) is 5.13 Å². The number of non-ortho nitro benzene ring substituents is 1. The van der Waals surface area contributed by atoms with Crippen molar-refractivity contribution in [3.05, 3.63) is 33.3 Å². The van der Waals surface area contributed by atoms with Crippen molar-refractivity contribution in [2.45, 2.75) is 13.5 Å². The number of nitro groups is 1. The molecule has 0 spiro atoms. The van der Waals surface area contributed by atoms with E-state index in [0.29, 0.717) is 21.6 Å². The first-order chi connectivity index (χ1) is 10.1. The van der Waals surface area contributed by atoms with Gasteiger partial charge in [-0.1, -0.05) is 11.3 Å². The van der Waals surface area contributed by atoms with E-state index in [1.54, 1.807) is 0 Å². The second kappa shape index (κ2) is 6.84. The molecule has 0 atom stereocenters. The van der Waals surface area contributed by atoms with E-state index in [0.717, 1.165) is 6.54 Å². The fourth-order valence-corrected chi connectivity index (χ4v) is 2.29. The van der Waals surface area contributed by atoms with Crippen LogP contribution in [0.2, 0.25) is 0 Å². The molecule has 0 unspecified atom stereocenters. The van der Waals surface area contributed by atoms with Crippen LogP contribution in [0, 0.1) is 10.1 Å². The number of anilines is 1. The van der Waals surface area contributed by atoms with Crippen LogP contribution in [0.5, 0.6) is 11.5 Å². The lowest BCUT2D eigenvalue weighted by Gasteiger charge is -2.08. The number of nitro benzene ring substituents is 1. The van der Waals surface area contributed by atoms with Crippen LogP contribution in [0.15, 0.2) is 18.2 Å². The summed E-state index contributed by atoms with van der Waals surface area (Å²) in [5, 5.41) is 23.1. The topological polar surface area (TPSA) is 99.4 Å². The van der Waals surface area contributed by atoms with Gasteiger partial charge in [-0.05, 0) is 13.0 Å². The Balaban J connectivity index is 2.10. The van der Waals surface area contributed by atoms with Gasteiger partial charge in [0.05, 0.1) is 18.1 Å². The highest BCUT2D eigenvalue weighted by atomic mass is 32.1. The molecule has 2 rings (SSSR count). The zero-order valence-electron chi connectivity index (χ0n) is 11.5. The molecular formula is C12H14N4O4S. The van der Waals surface area contributed by atoms with Crippen LogP contribution < -0.4 is 14.8 Å². The lowest BCUT2D eigenvalue weighted by atomic mass is 10.3. The van der Waals surface area contributed by atoms with Crippen molar-refractivity contribution < 1.29 is 14.4 Å². The zero-order chi connectivity index (χ0) is 15.2. The average molecular weight is 310 g/mol. The molecule has 0 bridgehead atoms. The van der Waals surface area contributed by atoms with Gasteiger partial charge < -0.3 is 14.8 Å². The third kappa shape index (κ3) is 3.78. The Morgan fingerprint density at radius 2 is 2.19 bits per heavy atom. The summed E-state index contributed by atoms with van der Waals surface area (Å²) in [4.78, 5) is 10.3. The Labute approximate surface area is 124 Å². The van der Waals surface area contributed by atoms with E-state index in [2.05, 4.69) is 15.5 Å². The second-order valence-corrected chi connectivity index (χ2v) is 4.97. The molecule has 1 aromatic carbocycles. The summed E-state index contributed by atoms with van der Waals surface area (Å²) in [5.74, 6) is 0.726. The molecule has 0 amide bonds. The van der Waals surface area contributed by atoms with Crippen LogP contribution in [-0.2, 0) is 6.61 Å². The quantitative estimate of drug-likeness (QED) is 0.619. The number of nitrogens with one attached hydrogen (secondary N) is 1. The van der Waals surface area contributed by atoms with Crippen molar-refractivity contribution in [1.29, 1.82) is 0 Å². The van der Waals surface area contributed by atoms with Gasteiger partial charge in [0.25, 0.3) is 5.69 Å². The number of benzene rings is 1. The predicted octanol–water partition coefficient (Wildman–Crippen LogP) is 2.47. The van der Waals surface area contributed by atoms with Gasteiger partial charge in [0, 0.05) is 12.6 Å². The minimum atomic E-state index is -0.486. The maximum Gasteiger partial charge on any atom is 0.273 e. The van der Waals surface area contributed by atoms with Gasteiger partial charge in [-0.3, -0.25) is 10.1 Å². The van der Waals surface area contributed by atoms with Gasteiger partial charge in [0.1, 0.15) is 6.61 Å². The molecule has 0 saturated heterocycles. The summed E-state index contributed by atoms with van der Waals surface area (Å²) < 4.78 is 10.7. The number of aromatic nitrogens is 2. The molecule has 0 saturated carbocycles. The summed E-state index contributed by atoms with van der Waals surface area (Å²) in [6, 6.07) is 4.18. The number of nitrogens with zero attached hydrogens (tertiary/aromatic N) is 3. The van der Waals surface area contributed by atoms with E-state index >= 15 is 0 Å². The Morgan fingerprint density at radius 1 is 1.38 bits per heavy atom. The molecular weight excluding hydrogens is 296 g/mol. The van der Waals surface area contributed by atoms with E-state index in [4.69, 9.17) is 9.47 Å². The summed E-state index contributed by atoms with van der Waals surface area (Å²) in [6.07, 6.45) is 0. The van der Waals surface area contributed by atoms with Crippen LogP contribution >= 0.6 is 11.3 Å². The zero-order valence-corrected chi connectivity index (χ0v) is 12.3. The molecule has 2 aromatic rings. The normalized spacial score (nSPS) is 10.2. The van der Waals surface area contributed by atoms with E-state index in [1.165, 1.54) is 36.6 Å². The van der Waals surface area contributed by atoms with E-state index in [9.17, 15) is 10.1 Å². The molecule has 112 valence electrons. The molecule has 0 aliphatic carbocycles. The lowest BCUT2D eigenvalue weighted by Crippen LogP contribution is -1.98. The molecule has 0 aliphatic rings. The molecule has 0 aliphatic heterocycles. The summed E-state index contributed by atoms with van der Waals surface area (Å²) in [7, 11) is 1.47. The monoisotopic (exact) mass is 310 g/mol. The first-order valence-electron chi connectivity index (χ1n) is 6.15. The minimum Gasteiger partial charge on any atom is -0.493 e. The molecule has 9 heteroatoms. The maximum absolute atomic E-state index is 10.8. The Bertz CT molecular complexity index is 631. The van der Waals surface area contributed by atoms with Gasteiger partial charge in [-0.25, -0.2) is 0 Å². The first-order valence-corrected chi connectivity index (χ1v) is 6.97. The van der Waals surface area contributed by atoms with E-state index in [1.807, 2.05) is 6.92 Å². The Morgan fingerprint density at radius 3 is 2.86 bits per heavy atom. The molecule has 1 heterocycles. The molecule has 1 N–H and O–H groups in total. The van der Waals surface area contributed by atoms with Crippen molar-refractivity contribution >= 4 is 22.2 Å². The molecule has 1 aromatic heterocycles. The largest absolute Gasteiger partial charge is 0.493 e. The first kappa shape index (κ1) is 15.0. The van der Waals surface area contributed by atoms with E-state index < -0.39 is 4.92 Å². The minimum absolute atomic E-state index is 0.0589. The van der Waals surface area contributed by atoms with Crippen molar-refractivity contribution in [2.24, 2.45) is 0 Å². The highest BCUT2D eigenvalue weighted by Gasteiger charge is 2.13. The second-order valence-electron chi connectivity index (χ2n) is 3.91. The van der Waals surface area contributed by atoms with Gasteiger partial charge >= 0.3 is 0 Å². The summed E-state index contributed by atoms with van der Waals surface area (Å²) >= 11 is 1.37. The third-order valence-corrected chi connectivity index (χ3v) is 3.36. The van der Waals surface area contributed by atoms with Crippen molar-refractivity contribution in [3.63, 3.8) is 0 Å². The van der Waals surface area contributed by atoms with Crippen LogP contribution in [0.4, 0.5) is 10.8 Å². The number of rotatable bonds is 7. The highest BCUT2D eigenvalue weighted by Crippen LogP contribution is 2.32. The number of ether oxygens (including phenoxy) is 2. The Kier molecular flexibility index (Phi) is 4.88. The third-order valence-electron chi connectivity index (χ3n) is 2.50. The van der Waals surface area contributed by atoms with Crippen molar-refractivity contribution in [3.8, 4) is 11.5 Å². The number of methoxy groups -OCH3 is 1. The van der Waals surface area contributed by atoms with Crippen LogP contribution in [-0.4, -0.2) is 28.8 Å². The SMILES string of the molecule is CCNc1nnc(COc2cc([N+](=O)[O-])ccc2OC)s1. The maximum atomic E-state index is 10.8. The van der Waals surface area contributed by atoms with Crippen molar-refractivity contribution in [2.75, 3.05) is 19.0 Å². The standard InChI is InChI=1S/C12H14N4O4S/c1-3-13-12-15-14-11(21-12)7-20-10-6-8(16(17)18)4-5-9(10)19-2/h4-6H,3,7H2,1-2H3,(H,13,15). The molecule has 0 radical (unpaired) electrons. The van der Waals surface area contributed by atoms with Gasteiger partial charge in [-0.15, -0.1) is 10.2 Å². The van der Waals surface area contributed by atoms with Crippen LogP contribution in [0.1, 0.15) is 11.9 Å². The number of hydrogen-bond acceptors (Lipinski definition) is 8. The fraction of sp³-hybridized carbons (Fsp3) is 0.333. The predicted molar refractivity (Wildman–Crippen MR) is 78.1 cm³/mol. The van der Waals surface area contributed by atoms with Crippen LogP contribution in [0.25, 0.3) is 0 Å². The lowest BCUT2D eigenvalue weighted by molar-refractivity contribution is -0.385. The fourth-order valence-electron chi connectivity index (χ4n) is 1.57. The highest BCUT2D eigenvalue weighted by molar-refractivity contribution is 7.15. The van der Waals surface area contributed by atoms with Gasteiger partial charge in [-0.2, -0.15) is 0 Å². The van der Waals surface area contributed by atoms with Gasteiger partial charge in [0.15, 0.2) is 16.5 Å². The van der Waals surface area contributed by atoms with E-state index in [-0.39, 0.29) is 12.3 Å².